The molecule has 0 aliphatic rings. The third-order valence-corrected chi connectivity index (χ3v) is 2.61. The van der Waals surface area contributed by atoms with Crippen LogP contribution in [0.2, 0.25) is 0 Å². The molecule has 100 valence electrons. The van der Waals surface area contributed by atoms with Gasteiger partial charge in [-0.05, 0) is 24.3 Å². The highest BCUT2D eigenvalue weighted by atomic mass is 32.2. The third kappa shape index (κ3) is 3.32. The lowest BCUT2D eigenvalue weighted by molar-refractivity contribution is 0.0686. The van der Waals surface area contributed by atoms with Gasteiger partial charge in [0.25, 0.3) is 0 Å². The summed E-state index contributed by atoms with van der Waals surface area (Å²) in [5.41, 5.74) is 0.354. The van der Waals surface area contributed by atoms with E-state index in [0.717, 1.165) is 6.26 Å². The number of aromatic nitrogens is 1. The van der Waals surface area contributed by atoms with Crippen LogP contribution in [0.1, 0.15) is 10.5 Å². The highest BCUT2D eigenvalue weighted by Gasteiger charge is 2.12. The van der Waals surface area contributed by atoms with Crippen LogP contribution < -0.4 is 4.18 Å². The van der Waals surface area contributed by atoms with E-state index in [-0.39, 0.29) is 17.2 Å². The Morgan fingerprint density at radius 1 is 1.32 bits per heavy atom. The number of hydrogen-bond acceptors (Lipinski definition) is 6. The zero-order valence-corrected chi connectivity index (χ0v) is 10.5. The molecule has 1 aromatic carbocycles. The monoisotopic (exact) mass is 283 g/mol. The summed E-state index contributed by atoms with van der Waals surface area (Å²) < 4.78 is 31.4. The van der Waals surface area contributed by atoms with Crippen molar-refractivity contribution in [2.45, 2.75) is 0 Å². The fraction of sp³-hybridized carbons (Fsp3) is 0.0909. The van der Waals surface area contributed by atoms with Gasteiger partial charge < -0.3 is 13.8 Å². The lowest BCUT2D eigenvalue weighted by atomic mass is 10.1. The third-order valence-electron chi connectivity index (χ3n) is 2.12. The number of rotatable bonds is 4. The number of hydrogen-bond donors (Lipinski definition) is 1. The van der Waals surface area contributed by atoms with Crippen molar-refractivity contribution in [3.05, 3.63) is 36.0 Å². The second-order valence-electron chi connectivity index (χ2n) is 3.69. The van der Waals surface area contributed by atoms with Crippen molar-refractivity contribution in [2.24, 2.45) is 0 Å². The molecule has 2 rings (SSSR count). The molecule has 1 heterocycles. The summed E-state index contributed by atoms with van der Waals surface area (Å²) >= 11 is 0. The average molecular weight is 283 g/mol. The van der Waals surface area contributed by atoms with Crippen LogP contribution in [0.25, 0.3) is 11.3 Å². The predicted octanol–water partition coefficient (Wildman–Crippen LogP) is 1.38. The van der Waals surface area contributed by atoms with E-state index in [2.05, 4.69) is 9.34 Å². The summed E-state index contributed by atoms with van der Waals surface area (Å²) in [6.07, 6.45) is 0.941. The molecule has 0 spiro atoms. The minimum absolute atomic E-state index is 0.157. The number of carboxylic acid groups (broad SMARTS) is 1. The first-order chi connectivity index (χ1) is 8.85. The second kappa shape index (κ2) is 4.73. The van der Waals surface area contributed by atoms with E-state index in [4.69, 9.17) is 9.63 Å². The van der Waals surface area contributed by atoms with Crippen LogP contribution in [0.15, 0.2) is 34.9 Å². The second-order valence-corrected chi connectivity index (χ2v) is 5.27. The van der Waals surface area contributed by atoms with Crippen LogP contribution in [-0.4, -0.2) is 30.9 Å². The van der Waals surface area contributed by atoms with Gasteiger partial charge in [-0.2, -0.15) is 8.42 Å². The summed E-state index contributed by atoms with van der Waals surface area (Å²) in [6, 6.07) is 7.20. The van der Waals surface area contributed by atoms with Crippen LogP contribution in [0.5, 0.6) is 5.75 Å². The minimum atomic E-state index is -3.58. The van der Waals surface area contributed by atoms with Gasteiger partial charge in [-0.3, -0.25) is 0 Å². The van der Waals surface area contributed by atoms with Crippen LogP contribution in [0.4, 0.5) is 0 Å². The average Bonchev–Trinajstić information content (AvgIpc) is 2.77. The summed E-state index contributed by atoms with van der Waals surface area (Å²) in [5, 5.41) is 12.1. The molecule has 7 nitrogen and oxygen atoms in total. The molecule has 0 aliphatic carbocycles. The van der Waals surface area contributed by atoms with Crippen molar-refractivity contribution in [3.8, 4) is 17.1 Å². The molecule has 0 atom stereocenters. The molecule has 0 radical (unpaired) electrons. The van der Waals surface area contributed by atoms with E-state index in [9.17, 15) is 13.2 Å². The zero-order valence-electron chi connectivity index (χ0n) is 9.73. The largest absolute Gasteiger partial charge is 0.476 e. The SMILES string of the molecule is CS(=O)(=O)Oc1ccc(-c2cc(C(=O)O)no2)cc1. The quantitative estimate of drug-likeness (QED) is 0.844. The first-order valence-corrected chi connectivity index (χ1v) is 6.87. The summed E-state index contributed by atoms with van der Waals surface area (Å²) in [6.45, 7) is 0. The highest BCUT2D eigenvalue weighted by molar-refractivity contribution is 7.86. The van der Waals surface area contributed by atoms with E-state index in [1.165, 1.54) is 30.3 Å². The number of nitrogens with zero attached hydrogens (tertiary/aromatic N) is 1. The smallest absolute Gasteiger partial charge is 0.358 e. The van der Waals surface area contributed by atoms with Gasteiger partial charge in [0, 0.05) is 11.6 Å². The molecule has 19 heavy (non-hydrogen) atoms. The van der Waals surface area contributed by atoms with E-state index >= 15 is 0 Å². The van der Waals surface area contributed by atoms with Crippen LogP contribution in [0.3, 0.4) is 0 Å². The van der Waals surface area contributed by atoms with Crippen molar-refractivity contribution in [3.63, 3.8) is 0 Å². The first kappa shape index (κ1) is 13.1. The Morgan fingerprint density at radius 3 is 2.42 bits per heavy atom. The Bertz CT molecular complexity index is 701. The maximum absolute atomic E-state index is 10.9. The Morgan fingerprint density at radius 2 is 1.95 bits per heavy atom. The van der Waals surface area contributed by atoms with Gasteiger partial charge in [0.05, 0.1) is 6.26 Å². The molecular formula is C11H9NO6S. The molecule has 0 unspecified atom stereocenters. The van der Waals surface area contributed by atoms with Gasteiger partial charge in [0.2, 0.25) is 0 Å². The molecule has 2 aromatic rings. The zero-order chi connectivity index (χ0) is 14.0. The van der Waals surface area contributed by atoms with Gasteiger partial charge in [0.15, 0.2) is 11.5 Å². The Hall–Kier alpha value is -2.35. The molecule has 0 aliphatic heterocycles. The molecular weight excluding hydrogens is 274 g/mol. The van der Waals surface area contributed by atoms with Gasteiger partial charge in [-0.1, -0.05) is 5.16 Å². The minimum Gasteiger partial charge on any atom is -0.476 e. The number of aromatic carboxylic acids is 1. The predicted molar refractivity (Wildman–Crippen MR) is 64.4 cm³/mol. The molecule has 0 amide bonds. The van der Waals surface area contributed by atoms with Crippen molar-refractivity contribution in [1.82, 2.24) is 5.16 Å². The van der Waals surface area contributed by atoms with E-state index in [1.54, 1.807) is 0 Å². The van der Waals surface area contributed by atoms with Crippen molar-refractivity contribution < 1.29 is 27.0 Å². The Balaban J connectivity index is 2.24. The fourth-order valence-electron chi connectivity index (χ4n) is 1.36. The number of carboxylic acids is 1. The molecule has 0 bridgehead atoms. The van der Waals surface area contributed by atoms with Crippen LogP contribution in [-0.2, 0) is 10.1 Å². The van der Waals surface area contributed by atoms with Crippen molar-refractivity contribution >= 4 is 16.1 Å². The lowest BCUT2D eigenvalue weighted by Gasteiger charge is -2.02. The highest BCUT2D eigenvalue weighted by Crippen LogP contribution is 2.23. The maximum Gasteiger partial charge on any atom is 0.358 e. The maximum atomic E-state index is 10.9. The van der Waals surface area contributed by atoms with E-state index in [0.29, 0.717) is 5.56 Å². The van der Waals surface area contributed by atoms with Crippen molar-refractivity contribution in [1.29, 1.82) is 0 Å². The summed E-state index contributed by atoms with van der Waals surface area (Å²) in [7, 11) is -3.58. The van der Waals surface area contributed by atoms with E-state index < -0.39 is 16.1 Å². The van der Waals surface area contributed by atoms with Gasteiger partial charge >= 0.3 is 16.1 Å². The fourth-order valence-corrected chi connectivity index (χ4v) is 1.82. The van der Waals surface area contributed by atoms with Gasteiger partial charge in [-0.25, -0.2) is 4.79 Å². The molecule has 1 aromatic heterocycles. The van der Waals surface area contributed by atoms with Crippen LogP contribution >= 0.6 is 0 Å². The summed E-state index contributed by atoms with van der Waals surface area (Å²) in [4.78, 5) is 10.6. The number of benzene rings is 1. The van der Waals surface area contributed by atoms with E-state index in [1.807, 2.05) is 0 Å². The first-order valence-electron chi connectivity index (χ1n) is 5.05. The Kier molecular flexibility index (Phi) is 3.26. The summed E-state index contributed by atoms with van der Waals surface area (Å²) in [5.74, 6) is -0.764. The standard InChI is InChI=1S/C11H9NO6S/c1-19(15,16)18-8-4-2-7(3-5-8)10-6-9(11(13)14)12-17-10/h2-6H,1H3,(H,13,14). The lowest BCUT2D eigenvalue weighted by Crippen LogP contribution is -2.05. The van der Waals surface area contributed by atoms with Gasteiger partial charge in [0.1, 0.15) is 5.75 Å². The topological polar surface area (TPSA) is 107 Å². The van der Waals surface area contributed by atoms with Gasteiger partial charge in [-0.15, -0.1) is 0 Å². The molecule has 0 saturated heterocycles. The molecule has 8 heteroatoms. The molecule has 1 N–H and O–H groups in total. The van der Waals surface area contributed by atoms with Crippen LogP contribution in [0, 0.1) is 0 Å². The molecule has 0 fully saturated rings. The molecule has 0 saturated carbocycles. The Labute approximate surface area is 108 Å². The normalized spacial score (nSPS) is 11.2. The number of carbonyl (C=O) groups is 1. The van der Waals surface area contributed by atoms with Crippen molar-refractivity contribution in [2.75, 3.05) is 6.26 Å².